The monoisotopic (exact) mass is 287 g/mol. The zero-order chi connectivity index (χ0) is 15.2. The van der Waals surface area contributed by atoms with Gasteiger partial charge in [0.25, 0.3) is 0 Å². The first-order chi connectivity index (χ1) is 9.32. The van der Waals surface area contributed by atoms with Crippen molar-refractivity contribution in [2.45, 2.75) is 44.2 Å². The molecule has 1 aliphatic heterocycles. The molecular weight excluding hydrogens is 266 g/mol. The van der Waals surface area contributed by atoms with Gasteiger partial charge in [-0.2, -0.15) is 0 Å². The van der Waals surface area contributed by atoms with Crippen LogP contribution in [0, 0.1) is 0 Å². The first-order valence-corrected chi connectivity index (χ1v) is 6.50. The highest BCUT2D eigenvalue weighted by Crippen LogP contribution is 2.19. The Labute approximate surface area is 117 Å². The Morgan fingerprint density at radius 2 is 1.95 bits per heavy atom. The van der Waals surface area contributed by atoms with E-state index in [9.17, 15) is 14.4 Å². The van der Waals surface area contributed by atoms with Crippen LogP contribution in [0.5, 0.6) is 0 Å². The van der Waals surface area contributed by atoms with E-state index in [1.54, 1.807) is 0 Å². The molecule has 1 fully saturated rings. The molecule has 114 valence electrons. The van der Waals surface area contributed by atoms with E-state index >= 15 is 0 Å². The molecule has 1 saturated heterocycles. The van der Waals surface area contributed by atoms with Crippen molar-refractivity contribution in [3.8, 4) is 0 Å². The van der Waals surface area contributed by atoms with E-state index in [-0.39, 0.29) is 12.8 Å². The molecule has 0 bridgehead atoms. The maximum atomic E-state index is 11.8. The van der Waals surface area contributed by atoms with Gasteiger partial charge in [-0.25, -0.2) is 9.59 Å². The van der Waals surface area contributed by atoms with Crippen LogP contribution in [-0.2, 0) is 14.3 Å². The summed E-state index contributed by atoms with van der Waals surface area (Å²) in [6.45, 7) is 3.00. The second-order valence-electron chi connectivity index (χ2n) is 5.17. The van der Waals surface area contributed by atoms with Crippen LogP contribution in [0.15, 0.2) is 0 Å². The van der Waals surface area contributed by atoms with Crippen LogP contribution in [-0.4, -0.2) is 47.8 Å². The molecule has 1 aliphatic rings. The van der Waals surface area contributed by atoms with E-state index in [0.29, 0.717) is 26.1 Å². The molecule has 1 heterocycles. The number of rotatable bonds is 6. The Morgan fingerprint density at radius 1 is 1.35 bits per heavy atom. The Balaban J connectivity index is 2.48. The molecule has 20 heavy (non-hydrogen) atoms. The molecule has 0 saturated carbocycles. The van der Waals surface area contributed by atoms with E-state index in [1.165, 1.54) is 0 Å². The van der Waals surface area contributed by atoms with Crippen LogP contribution in [0.2, 0.25) is 0 Å². The summed E-state index contributed by atoms with van der Waals surface area (Å²) in [5, 5.41) is 14.1. The van der Waals surface area contributed by atoms with Crippen molar-refractivity contribution in [2.75, 3.05) is 13.2 Å². The predicted octanol–water partition coefficient (Wildman–Crippen LogP) is -0.427. The molecule has 1 rings (SSSR count). The SMILES string of the molecule is CC1(NC(=O)N[C@H](CCC(N)=O)C(=O)O)CCOCC1. The molecule has 8 heteroatoms. The topological polar surface area (TPSA) is 131 Å². The normalized spacial score (nSPS) is 18.9. The van der Waals surface area contributed by atoms with Crippen LogP contribution >= 0.6 is 0 Å². The summed E-state index contributed by atoms with van der Waals surface area (Å²) in [5.74, 6) is -1.80. The number of carboxylic acid groups (broad SMARTS) is 1. The van der Waals surface area contributed by atoms with E-state index in [1.807, 2.05) is 6.92 Å². The lowest BCUT2D eigenvalue weighted by atomic mass is 9.93. The number of carbonyl (C=O) groups is 3. The van der Waals surface area contributed by atoms with E-state index < -0.39 is 29.5 Å². The van der Waals surface area contributed by atoms with Gasteiger partial charge in [-0.3, -0.25) is 4.79 Å². The number of primary amides is 1. The first-order valence-electron chi connectivity index (χ1n) is 6.50. The van der Waals surface area contributed by atoms with Crippen LogP contribution in [0.4, 0.5) is 4.79 Å². The number of hydrogen-bond donors (Lipinski definition) is 4. The first kappa shape index (κ1) is 16.2. The van der Waals surface area contributed by atoms with E-state index in [2.05, 4.69) is 10.6 Å². The summed E-state index contributed by atoms with van der Waals surface area (Å²) in [5.41, 5.74) is 4.56. The van der Waals surface area contributed by atoms with Gasteiger partial charge in [0.1, 0.15) is 6.04 Å². The summed E-state index contributed by atoms with van der Waals surface area (Å²) in [6.07, 6.45) is 1.21. The summed E-state index contributed by atoms with van der Waals surface area (Å²) in [4.78, 5) is 33.5. The molecule has 0 aromatic heterocycles. The van der Waals surface area contributed by atoms with Gasteiger partial charge in [-0.05, 0) is 26.2 Å². The van der Waals surface area contributed by atoms with Crippen LogP contribution < -0.4 is 16.4 Å². The van der Waals surface area contributed by atoms with Crippen molar-refractivity contribution >= 4 is 17.9 Å². The number of hydrogen-bond acceptors (Lipinski definition) is 4. The highest BCUT2D eigenvalue weighted by molar-refractivity contribution is 5.83. The Hall–Kier alpha value is -1.83. The Morgan fingerprint density at radius 3 is 2.45 bits per heavy atom. The van der Waals surface area contributed by atoms with E-state index in [4.69, 9.17) is 15.6 Å². The second kappa shape index (κ2) is 7.09. The minimum absolute atomic E-state index is 0.0298. The van der Waals surface area contributed by atoms with Crippen molar-refractivity contribution in [3.63, 3.8) is 0 Å². The number of amides is 3. The number of nitrogens with one attached hydrogen (secondary N) is 2. The lowest BCUT2D eigenvalue weighted by Gasteiger charge is -2.34. The molecule has 0 radical (unpaired) electrons. The highest BCUT2D eigenvalue weighted by Gasteiger charge is 2.30. The van der Waals surface area contributed by atoms with Crippen LogP contribution in [0.1, 0.15) is 32.6 Å². The number of carboxylic acids is 1. The number of urea groups is 1. The van der Waals surface area contributed by atoms with Crippen molar-refractivity contribution in [1.82, 2.24) is 10.6 Å². The van der Waals surface area contributed by atoms with Crippen molar-refractivity contribution in [2.24, 2.45) is 5.73 Å². The predicted molar refractivity (Wildman–Crippen MR) is 70.0 cm³/mol. The quantitative estimate of drug-likeness (QED) is 0.526. The zero-order valence-corrected chi connectivity index (χ0v) is 11.5. The molecule has 5 N–H and O–H groups in total. The van der Waals surface area contributed by atoms with Crippen molar-refractivity contribution < 1.29 is 24.2 Å². The molecule has 0 unspecified atom stereocenters. The van der Waals surface area contributed by atoms with Gasteiger partial charge in [-0.1, -0.05) is 0 Å². The average Bonchev–Trinajstić information content (AvgIpc) is 2.34. The fourth-order valence-corrected chi connectivity index (χ4v) is 1.96. The van der Waals surface area contributed by atoms with Gasteiger partial charge in [0.05, 0.1) is 0 Å². The lowest BCUT2D eigenvalue weighted by Crippen LogP contribution is -2.55. The van der Waals surface area contributed by atoms with Crippen LogP contribution in [0.3, 0.4) is 0 Å². The largest absolute Gasteiger partial charge is 0.480 e. The molecule has 0 aromatic rings. The minimum Gasteiger partial charge on any atom is -0.480 e. The van der Waals surface area contributed by atoms with Gasteiger partial charge in [0.2, 0.25) is 5.91 Å². The highest BCUT2D eigenvalue weighted by atomic mass is 16.5. The van der Waals surface area contributed by atoms with Crippen LogP contribution in [0.25, 0.3) is 0 Å². The zero-order valence-electron chi connectivity index (χ0n) is 11.5. The molecule has 3 amide bonds. The fourth-order valence-electron chi connectivity index (χ4n) is 1.96. The van der Waals surface area contributed by atoms with Gasteiger partial charge in [-0.15, -0.1) is 0 Å². The number of carbonyl (C=O) groups excluding carboxylic acids is 2. The molecule has 0 aromatic carbocycles. The second-order valence-corrected chi connectivity index (χ2v) is 5.17. The standard InChI is InChI=1S/C12H21N3O5/c1-12(4-6-20-7-5-12)15-11(19)14-8(10(17)18)2-3-9(13)16/h8H,2-7H2,1H3,(H2,13,16)(H,17,18)(H2,14,15,19)/t8-/m1/s1. The molecule has 0 spiro atoms. The lowest BCUT2D eigenvalue weighted by molar-refractivity contribution is -0.139. The third-order valence-corrected chi connectivity index (χ3v) is 3.29. The molecular formula is C12H21N3O5. The van der Waals surface area contributed by atoms with Gasteiger partial charge < -0.3 is 26.2 Å². The summed E-state index contributed by atoms with van der Waals surface area (Å²) in [7, 11) is 0. The molecule has 1 atom stereocenters. The Bertz CT molecular complexity index is 379. The van der Waals surface area contributed by atoms with Gasteiger partial charge in [0.15, 0.2) is 0 Å². The third kappa shape index (κ3) is 5.43. The smallest absolute Gasteiger partial charge is 0.326 e. The Kier molecular flexibility index (Phi) is 5.75. The fraction of sp³-hybridized carbons (Fsp3) is 0.750. The maximum Gasteiger partial charge on any atom is 0.326 e. The van der Waals surface area contributed by atoms with E-state index in [0.717, 1.165) is 0 Å². The minimum atomic E-state index is -1.20. The maximum absolute atomic E-state index is 11.8. The number of nitrogens with two attached hydrogens (primary N) is 1. The van der Waals surface area contributed by atoms with Crippen molar-refractivity contribution in [3.05, 3.63) is 0 Å². The van der Waals surface area contributed by atoms with Crippen molar-refractivity contribution in [1.29, 1.82) is 0 Å². The number of aliphatic carboxylic acids is 1. The number of ether oxygens (including phenoxy) is 1. The average molecular weight is 287 g/mol. The van der Waals surface area contributed by atoms with Gasteiger partial charge in [0, 0.05) is 25.2 Å². The van der Waals surface area contributed by atoms with Gasteiger partial charge >= 0.3 is 12.0 Å². The third-order valence-electron chi connectivity index (χ3n) is 3.29. The summed E-state index contributed by atoms with van der Waals surface area (Å²) >= 11 is 0. The summed E-state index contributed by atoms with van der Waals surface area (Å²) in [6, 6.07) is -1.70. The molecule has 0 aliphatic carbocycles. The summed E-state index contributed by atoms with van der Waals surface area (Å²) < 4.78 is 5.21. The molecule has 8 nitrogen and oxygen atoms in total.